The third-order valence-corrected chi connectivity index (χ3v) is 6.56. The number of halogens is 1. The number of carbonyl (C=O) groups excluding carboxylic acids is 3. The van der Waals surface area contributed by atoms with Gasteiger partial charge >= 0.3 is 0 Å². The molecule has 0 saturated carbocycles. The number of benzene rings is 2. The third kappa shape index (κ3) is 4.53. The summed E-state index contributed by atoms with van der Waals surface area (Å²) in [7, 11) is 0. The first-order chi connectivity index (χ1) is 16.2. The standard InChI is InChI=1S/C26H29FN4O3/c1-15(2)23(24(28)33)30-25(34)26(31-22(32)13-16-7-3-5-9-19(16)27)12-11-21-18(14-26)17-8-4-6-10-20(17)29-21/h3-10,15,23,29H,11-14H2,1-2H3,(H2,28,33)(H,30,34)(H,31,32)/t23-,26+/m0/s1. The van der Waals surface area contributed by atoms with Crippen molar-refractivity contribution in [2.24, 2.45) is 11.7 Å². The predicted octanol–water partition coefficient (Wildman–Crippen LogP) is 2.52. The van der Waals surface area contributed by atoms with Gasteiger partial charge in [-0.3, -0.25) is 14.4 Å². The molecule has 2 aromatic carbocycles. The molecule has 34 heavy (non-hydrogen) atoms. The summed E-state index contributed by atoms with van der Waals surface area (Å²) >= 11 is 0. The summed E-state index contributed by atoms with van der Waals surface area (Å²) in [6, 6.07) is 13.0. The summed E-state index contributed by atoms with van der Waals surface area (Å²) in [6.45, 7) is 3.58. The van der Waals surface area contributed by atoms with E-state index in [0.717, 1.165) is 22.2 Å². The molecule has 0 aliphatic heterocycles. The Hall–Kier alpha value is -3.68. The molecule has 0 saturated heterocycles. The fourth-order valence-corrected chi connectivity index (χ4v) is 4.73. The van der Waals surface area contributed by atoms with Crippen molar-refractivity contribution in [3.63, 3.8) is 0 Å². The van der Waals surface area contributed by atoms with E-state index in [1.807, 2.05) is 24.3 Å². The van der Waals surface area contributed by atoms with Gasteiger partial charge in [0.05, 0.1) is 6.42 Å². The molecule has 1 heterocycles. The Morgan fingerprint density at radius 3 is 2.53 bits per heavy atom. The van der Waals surface area contributed by atoms with Crippen molar-refractivity contribution in [1.29, 1.82) is 0 Å². The highest BCUT2D eigenvalue weighted by Gasteiger charge is 2.45. The summed E-state index contributed by atoms with van der Waals surface area (Å²) in [5, 5.41) is 6.65. The molecule has 7 nitrogen and oxygen atoms in total. The minimum atomic E-state index is -1.30. The van der Waals surface area contributed by atoms with E-state index in [9.17, 15) is 18.8 Å². The number of fused-ring (bicyclic) bond motifs is 3. The molecule has 3 amide bonds. The molecule has 1 aromatic heterocycles. The van der Waals surface area contributed by atoms with Crippen LogP contribution in [0.25, 0.3) is 10.9 Å². The molecule has 8 heteroatoms. The number of nitrogens with two attached hydrogens (primary N) is 1. The van der Waals surface area contributed by atoms with Gasteiger partial charge in [-0.05, 0) is 42.0 Å². The Labute approximate surface area is 197 Å². The Bertz CT molecular complexity index is 1250. The van der Waals surface area contributed by atoms with Crippen LogP contribution in [-0.4, -0.2) is 34.3 Å². The molecule has 178 valence electrons. The van der Waals surface area contributed by atoms with Crippen LogP contribution in [0, 0.1) is 11.7 Å². The lowest BCUT2D eigenvalue weighted by atomic mass is 9.78. The number of rotatable bonds is 7. The van der Waals surface area contributed by atoms with Crippen LogP contribution in [0.4, 0.5) is 4.39 Å². The van der Waals surface area contributed by atoms with Crippen LogP contribution in [0.5, 0.6) is 0 Å². The smallest absolute Gasteiger partial charge is 0.246 e. The Balaban J connectivity index is 1.68. The van der Waals surface area contributed by atoms with E-state index >= 15 is 0 Å². The number of aromatic nitrogens is 1. The van der Waals surface area contributed by atoms with Crippen LogP contribution in [-0.2, 0) is 33.6 Å². The summed E-state index contributed by atoms with van der Waals surface area (Å²) in [4.78, 5) is 42.1. The lowest BCUT2D eigenvalue weighted by Gasteiger charge is -2.38. The summed E-state index contributed by atoms with van der Waals surface area (Å²) < 4.78 is 14.1. The van der Waals surface area contributed by atoms with E-state index in [2.05, 4.69) is 15.6 Å². The van der Waals surface area contributed by atoms with Crippen LogP contribution in [0.1, 0.15) is 37.1 Å². The molecular formula is C26H29FN4O3. The average Bonchev–Trinajstić information content (AvgIpc) is 3.16. The highest BCUT2D eigenvalue weighted by Crippen LogP contribution is 2.34. The lowest BCUT2D eigenvalue weighted by molar-refractivity contribution is -0.136. The molecule has 0 spiro atoms. The Kier molecular flexibility index (Phi) is 6.41. The number of hydrogen-bond acceptors (Lipinski definition) is 3. The minimum absolute atomic E-state index is 0.203. The summed E-state index contributed by atoms with van der Waals surface area (Å²) in [5.74, 6) is -2.28. The number of para-hydroxylation sites is 1. The van der Waals surface area contributed by atoms with Crippen molar-refractivity contribution >= 4 is 28.6 Å². The molecule has 5 N–H and O–H groups in total. The van der Waals surface area contributed by atoms with Crippen LogP contribution in [0.15, 0.2) is 48.5 Å². The zero-order valence-corrected chi connectivity index (χ0v) is 19.3. The van der Waals surface area contributed by atoms with Gasteiger partial charge in [-0.1, -0.05) is 50.2 Å². The lowest BCUT2D eigenvalue weighted by Crippen LogP contribution is -2.64. The number of aryl methyl sites for hydroxylation is 1. The highest BCUT2D eigenvalue weighted by atomic mass is 19.1. The molecule has 4 rings (SSSR count). The van der Waals surface area contributed by atoms with Crippen molar-refractivity contribution < 1.29 is 18.8 Å². The van der Waals surface area contributed by atoms with E-state index < -0.39 is 35.1 Å². The maximum absolute atomic E-state index is 14.1. The summed E-state index contributed by atoms with van der Waals surface area (Å²) in [6.07, 6.45) is 0.891. The second-order valence-corrected chi connectivity index (χ2v) is 9.30. The SMILES string of the molecule is CC(C)[C@H](NC(=O)[C@@]1(NC(=O)Cc2ccccc2F)CCc2[nH]c3ccccc3c2C1)C(N)=O. The number of H-pyrrole nitrogens is 1. The maximum atomic E-state index is 14.1. The molecule has 3 aromatic rings. The van der Waals surface area contributed by atoms with Gasteiger partial charge in [0.1, 0.15) is 17.4 Å². The zero-order valence-electron chi connectivity index (χ0n) is 19.3. The molecule has 0 unspecified atom stereocenters. The number of primary amides is 1. The molecule has 0 radical (unpaired) electrons. The van der Waals surface area contributed by atoms with Crippen molar-refractivity contribution in [2.75, 3.05) is 0 Å². The maximum Gasteiger partial charge on any atom is 0.246 e. The molecule has 1 aliphatic carbocycles. The summed E-state index contributed by atoms with van der Waals surface area (Å²) in [5.41, 5.74) is 7.39. The average molecular weight is 465 g/mol. The van der Waals surface area contributed by atoms with E-state index in [4.69, 9.17) is 5.73 Å². The quantitative estimate of drug-likeness (QED) is 0.430. The van der Waals surface area contributed by atoms with E-state index in [-0.39, 0.29) is 24.3 Å². The van der Waals surface area contributed by atoms with Crippen LogP contribution < -0.4 is 16.4 Å². The number of hydrogen-bond donors (Lipinski definition) is 4. The second-order valence-electron chi connectivity index (χ2n) is 9.30. The van der Waals surface area contributed by atoms with Gasteiger partial charge in [-0.15, -0.1) is 0 Å². The monoisotopic (exact) mass is 464 g/mol. The molecule has 0 fully saturated rings. The van der Waals surface area contributed by atoms with Gasteiger partial charge in [0.2, 0.25) is 17.7 Å². The van der Waals surface area contributed by atoms with Crippen molar-refractivity contribution in [1.82, 2.24) is 15.6 Å². The predicted molar refractivity (Wildman–Crippen MR) is 127 cm³/mol. The topological polar surface area (TPSA) is 117 Å². The number of nitrogens with one attached hydrogen (secondary N) is 3. The fraction of sp³-hybridized carbons (Fsp3) is 0.346. The molecule has 2 atom stereocenters. The molecule has 1 aliphatic rings. The van der Waals surface area contributed by atoms with Crippen LogP contribution in [0.3, 0.4) is 0 Å². The van der Waals surface area contributed by atoms with Crippen molar-refractivity contribution in [2.45, 2.75) is 51.1 Å². The first-order valence-electron chi connectivity index (χ1n) is 11.4. The van der Waals surface area contributed by atoms with Gasteiger partial charge in [-0.2, -0.15) is 0 Å². The van der Waals surface area contributed by atoms with Crippen LogP contribution >= 0.6 is 0 Å². The molecular weight excluding hydrogens is 435 g/mol. The first kappa shape index (κ1) is 23.5. The van der Waals surface area contributed by atoms with Gasteiger partial charge in [0.15, 0.2) is 0 Å². The highest BCUT2D eigenvalue weighted by molar-refractivity contribution is 5.96. The van der Waals surface area contributed by atoms with E-state index in [1.54, 1.807) is 32.0 Å². The fourth-order valence-electron chi connectivity index (χ4n) is 4.73. The zero-order chi connectivity index (χ0) is 24.5. The number of amides is 3. The second kappa shape index (κ2) is 9.29. The minimum Gasteiger partial charge on any atom is -0.368 e. The number of aromatic amines is 1. The van der Waals surface area contributed by atoms with Crippen LogP contribution in [0.2, 0.25) is 0 Å². The normalized spacial score (nSPS) is 18.4. The Morgan fingerprint density at radius 2 is 1.82 bits per heavy atom. The Morgan fingerprint density at radius 1 is 1.12 bits per heavy atom. The van der Waals surface area contributed by atoms with Gasteiger partial charge in [0, 0.05) is 23.0 Å². The number of carbonyl (C=O) groups is 3. The molecule has 0 bridgehead atoms. The first-order valence-corrected chi connectivity index (χ1v) is 11.4. The van der Waals surface area contributed by atoms with E-state index in [0.29, 0.717) is 12.8 Å². The van der Waals surface area contributed by atoms with Gasteiger partial charge in [0.25, 0.3) is 0 Å². The largest absolute Gasteiger partial charge is 0.368 e. The van der Waals surface area contributed by atoms with Crippen molar-refractivity contribution in [3.05, 3.63) is 71.2 Å². The third-order valence-electron chi connectivity index (χ3n) is 6.56. The van der Waals surface area contributed by atoms with Crippen molar-refractivity contribution in [3.8, 4) is 0 Å². The van der Waals surface area contributed by atoms with Gasteiger partial charge in [-0.25, -0.2) is 4.39 Å². The van der Waals surface area contributed by atoms with E-state index in [1.165, 1.54) is 6.07 Å². The van der Waals surface area contributed by atoms with Gasteiger partial charge < -0.3 is 21.4 Å².